The number of nitrogens with zero attached hydrogens (tertiary/aromatic N) is 1. The van der Waals surface area contributed by atoms with Crippen LogP contribution in [0.2, 0.25) is 0 Å². The molecule has 2 N–H and O–H groups in total. The van der Waals surface area contributed by atoms with E-state index in [0.29, 0.717) is 5.92 Å². The maximum Gasteiger partial charge on any atom is 0.123 e. The van der Waals surface area contributed by atoms with Crippen LogP contribution in [0.15, 0.2) is 29.4 Å². The van der Waals surface area contributed by atoms with Crippen LogP contribution in [0, 0.1) is 5.82 Å². The van der Waals surface area contributed by atoms with Gasteiger partial charge >= 0.3 is 0 Å². The largest absolute Gasteiger partial charge is 0.323 e. The molecule has 0 amide bonds. The second kappa shape index (κ2) is 3.17. The molecule has 3 heteroatoms. The molecular weight excluding hydrogens is 167 g/mol. The number of hydrazone groups is 1. The van der Waals surface area contributed by atoms with Gasteiger partial charge in [0, 0.05) is 5.71 Å². The average molecular weight is 178 g/mol. The predicted octanol–water partition coefficient (Wildman–Crippen LogP) is 2.02. The van der Waals surface area contributed by atoms with E-state index in [2.05, 4.69) is 5.10 Å². The molecule has 1 fully saturated rings. The van der Waals surface area contributed by atoms with Gasteiger partial charge in [0.15, 0.2) is 0 Å². The van der Waals surface area contributed by atoms with E-state index in [-0.39, 0.29) is 5.82 Å². The lowest BCUT2D eigenvalue weighted by Crippen LogP contribution is -2.22. The molecule has 1 saturated carbocycles. The smallest absolute Gasteiger partial charge is 0.123 e. The van der Waals surface area contributed by atoms with E-state index >= 15 is 0 Å². The van der Waals surface area contributed by atoms with Crippen molar-refractivity contribution in [2.45, 2.75) is 18.8 Å². The van der Waals surface area contributed by atoms with Crippen LogP contribution in [0.25, 0.3) is 0 Å². The molecule has 0 heterocycles. The van der Waals surface area contributed by atoms with Crippen LogP contribution >= 0.6 is 0 Å². The SMILES string of the molecule is NN=C1CC(c2cccc(F)c2)C1. The number of hydrogen-bond donors (Lipinski definition) is 1. The van der Waals surface area contributed by atoms with Crippen molar-refractivity contribution in [3.8, 4) is 0 Å². The summed E-state index contributed by atoms with van der Waals surface area (Å²) < 4.78 is 12.8. The lowest BCUT2D eigenvalue weighted by molar-refractivity contribution is 0.609. The fraction of sp³-hybridized carbons (Fsp3) is 0.300. The summed E-state index contributed by atoms with van der Waals surface area (Å²) in [5.41, 5.74) is 2.07. The minimum atomic E-state index is -0.171. The minimum Gasteiger partial charge on any atom is -0.323 e. The van der Waals surface area contributed by atoms with Crippen molar-refractivity contribution in [2.75, 3.05) is 0 Å². The fourth-order valence-corrected chi connectivity index (χ4v) is 1.61. The number of nitrogens with two attached hydrogens (primary N) is 1. The first kappa shape index (κ1) is 8.23. The van der Waals surface area contributed by atoms with Crippen LogP contribution in [0.3, 0.4) is 0 Å². The maximum atomic E-state index is 12.8. The van der Waals surface area contributed by atoms with Crippen LogP contribution in [-0.2, 0) is 0 Å². The Labute approximate surface area is 76.3 Å². The molecule has 0 aliphatic heterocycles. The van der Waals surface area contributed by atoms with Gasteiger partial charge in [-0.2, -0.15) is 5.10 Å². The Kier molecular flexibility index (Phi) is 2.00. The highest BCUT2D eigenvalue weighted by Crippen LogP contribution is 2.34. The van der Waals surface area contributed by atoms with Crippen molar-refractivity contribution in [1.29, 1.82) is 0 Å². The molecule has 0 spiro atoms. The van der Waals surface area contributed by atoms with Gasteiger partial charge in [-0.25, -0.2) is 4.39 Å². The third kappa shape index (κ3) is 1.54. The zero-order valence-electron chi connectivity index (χ0n) is 7.20. The Bertz CT molecular complexity index is 339. The van der Waals surface area contributed by atoms with Gasteiger partial charge in [0.1, 0.15) is 5.82 Å². The second-order valence-electron chi connectivity index (χ2n) is 3.36. The maximum absolute atomic E-state index is 12.8. The number of halogens is 1. The van der Waals surface area contributed by atoms with Crippen LogP contribution in [0.1, 0.15) is 24.3 Å². The van der Waals surface area contributed by atoms with E-state index in [4.69, 9.17) is 5.84 Å². The molecule has 2 rings (SSSR count). The normalized spacial score (nSPS) is 21.0. The molecule has 1 aromatic carbocycles. The Morgan fingerprint density at radius 1 is 1.38 bits per heavy atom. The molecule has 1 aromatic rings. The summed E-state index contributed by atoms with van der Waals surface area (Å²) in [4.78, 5) is 0. The molecule has 1 aliphatic carbocycles. The van der Waals surface area contributed by atoms with Crippen molar-refractivity contribution >= 4 is 5.71 Å². The molecule has 0 saturated heterocycles. The Balaban J connectivity index is 2.11. The van der Waals surface area contributed by atoms with Crippen LogP contribution in [-0.4, -0.2) is 5.71 Å². The molecule has 0 atom stereocenters. The minimum absolute atomic E-state index is 0.171. The van der Waals surface area contributed by atoms with Gasteiger partial charge in [-0.15, -0.1) is 0 Å². The summed E-state index contributed by atoms with van der Waals surface area (Å²) in [5.74, 6) is 5.36. The Hall–Kier alpha value is -1.38. The van der Waals surface area contributed by atoms with Crippen molar-refractivity contribution in [3.05, 3.63) is 35.6 Å². The second-order valence-corrected chi connectivity index (χ2v) is 3.36. The van der Waals surface area contributed by atoms with Crippen molar-refractivity contribution in [2.24, 2.45) is 10.9 Å². The lowest BCUT2D eigenvalue weighted by atomic mass is 9.78. The average Bonchev–Trinajstić information content (AvgIpc) is 2.02. The van der Waals surface area contributed by atoms with Gasteiger partial charge in [0.25, 0.3) is 0 Å². The van der Waals surface area contributed by atoms with Gasteiger partial charge in [-0.05, 0) is 36.5 Å². The highest BCUT2D eigenvalue weighted by atomic mass is 19.1. The summed E-state index contributed by atoms with van der Waals surface area (Å²) in [5, 5.41) is 3.61. The van der Waals surface area contributed by atoms with Gasteiger partial charge in [-0.1, -0.05) is 12.1 Å². The van der Waals surface area contributed by atoms with Crippen LogP contribution in [0.4, 0.5) is 4.39 Å². The molecule has 0 aromatic heterocycles. The zero-order valence-corrected chi connectivity index (χ0v) is 7.20. The van der Waals surface area contributed by atoms with Gasteiger partial charge in [-0.3, -0.25) is 0 Å². The molecule has 0 unspecified atom stereocenters. The van der Waals surface area contributed by atoms with E-state index in [1.54, 1.807) is 12.1 Å². The highest BCUT2D eigenvalue weighted by Gasteiger charge is 2.26. The van der Waals surface area contributed by atoms with Gasteiger partial charge in [0.05, 0.1) is 0 Å². The molecule has 0 radical (unpaired) electrons. The zero-order chi connectivity index (χ0) is 9.26. The monoisotopic (exact) mass is 178 g/mol. The van der Waals surface area contributed by atoms with E-state index in [1.165, 1.54) is 6.07 Å². The highest BCUT2D eigenvalue weighted by molar-refractivity contribution is 5.91. The molecule has 2 nitrogen and oxygen atoms in total. The Morgan fingerprint density at radius 3 is 2.77 bits per heavy atom. The third-order valence-corrected chi connectivity index (χ3v) is 2.47. The topological polar surface area (TPSA) is 38.4 Å². The summed E-state index contributed by atoms with van der Waals surface area (Å²) >= 11 is 0. The molecule has 13 heavy (non-hydrogen) atoms. The molecule has 68 valence electrons. The lowest BCUT2D eigenvalue weighted by Gasteiger charge is -2.27. The fourth-order valence-electron chi connectivity index (χ4n) is 1.61. The van der Waals surface area contributed by atoms with Gasteiger partial charge < -0.3 is 5.84 Å². The van der Waals surface area contributed by atoms with Crippen molar-refractivity contribution in [1.82, 2.24) is 0 Å². The summed E-state index contributed by atoms with van der Waals surface area (Å²) in [7, 11) is 0. The predicted molar refractivity (Wildman–Crippen MR) is 50.0 cm³/mol. The molecule has 1 aliphatic rings. The van der Waals surface area contributed by atoms with Gasteiger partial charge in [0.2, 0.25) is 0 Å². The van der Waals surface area contributed by atoms with E-state index in [0.717, 1.165) is 24.1 Å². The molecule has 0 bridgehead atoms. The first-order valence-electron chi connectivity index (χ1n) is 4.30. The first-order valence-corrected chi connectivity index (χ1v) is 4.30. The number of rotatable bonds is 1. The van der Waals surface area contributed by atoms with E-state index in [1.807, 2.05) is 6.07 Å². The summed E-state index contributed by atoms with van der Waals surface area (Å²) in [6.45, 7) is 0. The quantitative estimate of drug-likeness (QED) is 0.518. The number of benzene rings is 1. The Morgan fingerprint density at radius 2 is 2.15 bits per heavy atom. The first-order chi connectivity index (χ1) is 6.29. The van der Waals surface area contributed by atoms with Crippen LogP contribution in [0.5, 0.6) is 0 Å². The summed E-state index contributed by atoms with van der Waals surface area (Å²) in [6, 6.07) is 6.72. The third-order valence-electron chi connectivity index (χ3n) is 2.47. The van der Waals surface area contributed by atoms with Crippen molar-refractivity contribution in [3.63, 3.8) is 0 Å². The number of hydrogen-bond acceptors (Lipinski definition) is 2. The standard InChI is InChI=1S/C10H11FN2/c11-9-3-1-2-7(4-9)8-5-10(6-8)13-12/h1-4,8H,5-6,12H2. The van der Waals surface area contributed by atoms with E-state index < -0.39 is 0 Å². The van der Waals surface area contributed by atoms with E-state index in [9.17, 15) is 4.39 Å². The summed E-state index contributed by atoms with van der Waals surface area (Å²) in [6.07, 6.45) is 1.75. The van der Waals surface area contributed by atoms with Crippen LogP contribution < -0.4 is 5.84 Å². The molecular formula is C10H11FN2. The van der Waals surface area contributed by atoms with Crippen molar-refractivity contribution < 1.29 is 4.39 Å².